The normalized spacial score (nSPS) is 36.0. The van der Waals surface area contributed by atoms with E-state index >= 15 is 0 Å². The van der Waals surface area contributed by atoms with Crippen LogP contribution in [-0.2, 0) is 0 Å². The van der Waals surface area contributed by atoms with Gasteiger partial charge in [0.25, 0.3) is 0 Å². The van der Waals surface area contributed by atoms with Gasteiger partial charge in [0.05, 0.1) is 0 Å². The van der Waals surface area contributed by atoms with E-state index in [1.165, 1.54) is 38.8 Å². The van der Waals surface area contributed by atoms with E-state index < -0.39 is 0 Å². The lowest BCUT2D eigenvalue weighted by atomic mass is 9.82. The fourth-order valence-corrected chi connectivity index (χ4v) is 3.86. The highest BCUT2D eigenvalue weighted by atomic mass is 15.2. The van der Waals surface area contributed by atoms with Gasteiger partial charge in [-0.25, -0.2) is 0 Å². The van der Waals surface area contributed by atoms with Crippen molar-refractivity contribution >= 4 is 0 Å². The average Bonchev–Trinajstić information content (AvgIpc) is 3.03. The van der Waals surface area contributed by atoms with Crippen molar-refractivity contribution in [3.05, 3.63) is 0 Å². The molecule has 2 nitrogen and oxygen atoms in total. The molecule has 2 rings (SSSR count). The first-order chi connectivity index (χ1) is 7.62. The first kappa shape index (κ1) is 12.4. The van der Waals surface area contributed by atoms with Crippen molar-refractivity contribution in [1.82, 2.24) is 4.90 Å². The topological polar surface area (TPSA) is 29.3 Å². The standard InChI is InChI=1S/C14H28N2/c1-4-14(10-15,13-5-6-13)16-8-11(2)7-12(3)9-16/h11-13H,4-10,15H2,1-3H3. The van der Waals surface area contributed by atoms with Crippen molar-refractivity contribution in [3.63, 3.8) is 0 Å². The quantitative estimate of drug-likeness (QED) is 0.795. The Kier molecular flexibility index (Phi) is 3.60. The first-order valence-electron chi connectivity index (χ1n) is 7.07. The van der Waals surface area contributed by atoms with Gasteiger partial charge in [0.15, 0.2) is 0 Å². The minimum atomic E-state index is 0.336. The molecule has 94 valence electrons. The molecule has 0 spiro atoms. The lowest BCUT2D eigenvalue weighted by Gasteiger charge is -2.48. The van der Waals surface area contributed by atoms with Crippen LogP contribution in [0.2, 0.25) is 0 Å². The zero-order valence-corrected chi connectivity index (χ0v) is 11.2. The van der Waals surface area contributed by atoms with E-state index in [4.69, 9.17) is 5.73 Å². The largest absolute Gasteiger partial charge is 0.329 e. The Labute approximate surface area is 101 Å². The molecule has 1 saturated carbocycles. The summed E-state index contributed by atoms with van der Waals surface area (Å²) in [6.07, 6.45) is 5.44. The molecule has 0 aromatic rings. The summed E-state index contributed by atoms with van der Waals surface area (Å²) >= 11 is 0. The monoisotopic (exact) mass is 224 g/mol. The van der Waals surface area contributed by atoms with Crippen molar-refractivity contribution in [2.75, 3.05) is 19.6 Å². The predicted molar refractivity (Wildman–Crippen MR) is 69.3 cm³/mol. The maximum atomic E-state index is 6.14. The number of likely N-dealkylation sites (tertiary alicyclic amines) is 1. The molecule has 2 N–H and O–H groups in total. The maximum absolute atomic E-state index is 6.14. The molecule has 1 aliphatic carbocycles. The summed E-state index contributed by atoms with van der Waals surface area (Å²) < 4.78 is 0. The molecule has 2 heteroatoms. The van der Waals surface area contributed by atoms with Gasteiger partial charge in [-0.1, -0.05) is 20.8 Å². The van der Waals surface area contributed by atoms with Gasteiger partial charge in [-0.05, 0) is 43.4 Å². The molecular formula is C14H28N2. The highest BCUT2D eigenvalue weighted by Crippen LogP contribution is 2.46. The third kappa shape index (κ3) is 2.14. The fraction of sp³-hybridized carbons (Fsp3) is 1.00. The van der Waals surface area contributed by atoms with Crippen LogP contribution in [0, 0.1) is 17.8 Å². The molecule has 1 aliphatic heterocycles. The summed E-state index contributed by atoms with van der Waals surface area (Å²) in [6, 6.07) is 0. The van der Waals surface area contributed by atoms with Crippen LogP contribution in [-0.4, -0.2) is 30.1 Å². The van der Waals surface area contributed by atoms with Crippen LogP contribution >= 0.6 is 0 Å². The maximum Gasteiger partial charge on any atom is 0.0357 e. The van der Waals surface area contributed by atoms with Crippen LogP contribution < -0.4 is 5.73 Å². The van der Waals surface area contributed by atoms with Crippen LogP contribution in [0.4, 0.5) is 0 Å². The summed E-state index contributed by atoms with van der Waals surface area (Å²) in [4.78, 5) is 2.74. The summed E-state index contributed by atoms with van der Waals surface area (Å²) in [5.74, 6) is 2.58. The van der Waals surface area contributed by atoms with E-state index in [9.17, 15) is 0 Å². The van der Waals surface area contributed by atoms with Crippen molar-refractivity contribution in [3.8, 4) is 0 Å². The molecule has 2 aliphatic rings. The Morgan fingerprint density at radius 1 is 1.19 bits per heavy atom. The van der Waals surface area contributed by atoms with Gasteiger partial charge in [-0.15, -0.1) is 0 Å². The van der Waals surface area contributed by atoms with Crippen LogP contribution in [0.1, 0.15) is 46.5 Å². The number of piperidine rings is 1. The predicted octanol–water partition coefficient (Wildman–Crippen LogP) is 2.48. The second kappa shape index (κ2) is 4.66. The Morgan fingerprint density at radius 3 is 2.12 bits per heavy atom. The SMILES string of the molecule is CCC(CN)(C1CC1)N1CC(C)CC(C)C1. The minimum Gasteiger partial charge on any atom is -0.329 e. The van der Waals surface area contributed by atoms with E-state index in [2.05, 4.69) is 25.7 Å². The fourth-order valence-electron chi connectivity index (χ4n) is 3.86. The Balaban J connectivity index is 2.12. The molecule has 0 bridgehead atoms. The van der Waals surface area contributed by atoms with Gasteiger partial charge >= 0.3 is 0 Å². The second-order valence-corrected chi connectivity index (χ2v) is 6.29. The van der Waals surface area contributed by atoms with Gasteiger partial charge < -0.3 is 5.73 Å². The summed E-state index contributed by atoms with van der Waals surface area (Å²) in [5, 5.41) is 0. The van der Waals surface area contributed by atoms with Crippen LogP contribution in [0.3, 0.4) is 0 Å². The molecule has 3 atom stereocenters. The Hall–Kier alpha value is -0.0800. The number of hydrogen-bond acceptors (Lipinski definition) is 2. The molecule has 0 aromatic carbocycles. The molecule has 1 saturated heterocycles. The van der Waals surface area contributed by atoms with Gasteiger partial charge in [0, 0.05) is 25.2 Å². The van der Waals surface area contributed by atoms with Gasteiger partial charge in [0.2, 0.25) is 0 Å². The van der Waals surface area contributed by atoms with Crippen molar-refractivity contribution in [2.45, 2.75) is 52.0 Å². The molecule has 0 amide bonds. The Bertz CT molecular complexity index is 221. The molecule has 3 unspecified atom stereocenters. The van der Waals surface area contributed by atoms with E-state index in [-0.39, 0.29) is 0 Å². The smallest absolute Gasteiger partial charge is 0.0357 e. The summed E-state index contributed by atoms with van der Waals surface area (Å²) in [7, 11) is 0. The number of nitrogens with two attached hydrogens (primary N) is 1. The zero-order valence-electron chi connectivity index (χ0n) is 11.2. The van der Waals surface area contributed by atoms with E-state index in [0.717, 1.165) is 24.3 Å². The van der Waals surface area contributed by atoms with E-state index in [1.54, 1.807) is 0 Å². The van der Waals surface area contributed by atoms with Crippen molar-refractivity contribution in [1.29, 1.82) is 0 Å². The second-order valence-electron chi connectivity index (χ2n) is 6.29. The molecule has 1 heterocycles. The minimum absolute atomic E-state index is 0.336. The van der Waals surface area contributed by atoms with Gasteiger partial charge in [-0.2, -0.15) is 0 Å². The molecule has 0 aromatic heterocycles. The highest BCUT2D eigenvalue weighted by molar-refractivity contribution is 5.04. The zero-order chi connectivity index (χ0) is 11.8. The molecule has 0 radical (unpaired) electrons. The van der Waals surface area contributed by atoms with Crippen LogP contribution in [0.25, 0.3) is 0 Å². The number of hydrogen-bond donors (Lipinski definition) is 1. The molecular weight excluding hydrogens is 196 g/mol. The lowest BCUT2D eigenvalue weighted by molar-refractivity contribution is 0.0114. The van der Waals surface area contributed by atoms with Crippen molar-refractivity contribution in [2.24, 2.45) is 23.5 Å². The van der Waals surface area contributed by atoms with E-state index in [0.29, 0.717) is 5.54 Å². The first-order valence-corrected chi connectivity index (χ1v) is 7.07. The van der Waals surface area contributed by atoms with Crippen molar-refractivity contribution < 1.29 is 0 Å². The number of rotatable bonds is 4. The van der Waals surface area contributed by atoms with Crippen LogP contribution in [0.5, 0.6) is 0 Å². The summed E-state index contributed by atoms with van der Waals surface area (Å²) in [5.41, 5.74) is 6.48. The average molecular weight is 224 g/mol. The molecule has 16 heavy (non-hydrogen) atoms. The van der Waals surface area contributed by atoms with Gasteiger partial charge in [0.1, 0.15) is 0 Å². The number of nitrogens with zero attached hydrogens (tertiary/aromatic N) is 1. The summed E-state index contributed by atoms with van der Waals surface area (Å²) in [6.45, 7) is 10.5. The highest BCUT2D eigenvalue weighted by Gasteiger charge is 2.48. The molecule has 2 fully saturated rings. The third-order valence-corrected chi connectivity index (χ3v) is 4.80. The van der Waals surface area contributed by atoms with Crippen LogP contribution in [0.15, 0.2) is 0 Å². The van der Waals surface area contributed by atoms with E-state index in [1.807, 2.05) is 0 Å². The Morgan fingerprint density at radius 2 is 1.75 bits per heavy atom. The van der Waals surface area contributed by atoms with Gasteiger partial charge in [-0.3, -0.25) is 4.90 Å². The lowest BCUT2D eigenvalue weighted by Crippen LogP contribution is -2.59. The third-order valence-electron chi connectivity index (χ3n) is 4.80.